The molecule has 0 bridgehead atoms. The van der Waals surface area contributed by atoms with Crippen LogP contribution in [0.4, 0.5) is 0 Å². The molecule has 0 aromatic heterocycles. The minimum Gasteiger partial charge on any atom is -0.373 e. The molecule has 1 fully saturated rings. The second-order valence-electron chi connectivity index (χ2n) is 6.44. The summed E-state index contributed by atoms with van der Waals surface area (Å²) in [5.41, 5.74) is 6.10. The van der Waals surface area contributed by atoms with Gasteiger partial charge >= 0.3 is 0 Å². The molecular weight excluding hydrogens is 228 g/mol. The summed E-state index contributed by atoms with van der Waals surface area (Å²) in [5.74, 6) is 0.110. The molecule has 1 saturated carbocycles. The molecular formula is C14H28N2O2. The van der Waals surface area contributed by atoms with Crippen molar-refractivity contribution < 1.29 is 9.53 Å². The van der Waals surface area contributed by atoms with Crippen LogP contribution in [0.3, 0.4) is 0 Å². The Balaban J connectivity index is 2.41. The van der Waals surface area contributed by atoms with E-state index < -0.39 is 0 Å². The zero-order chi connectivity index (χ0) is 13.8. The maximum Gasteiger partial charge on any atom is 0.224 e. The minimum absolute atomic E-state index is 0.110. The zero-order valence-electron chi connectivity index (χ0n) is 12.3. The van der Waals surface area contributed by atoms with Crippen LogP contribution in [-0.2, 0) is 9.53 Å². The number of ether oxygens (including phenoxy) is 1. The average Bonchev–Trinajstić information content (AvgIpc) is 2.31. The lowest BCUT2D eigenvalue weighted by Crippen LogP contribution is -2.46. The Morgan fingerprint density at radius 3 is 2.22 bits per heavy atom. The van der Waals surface area contributed by atoms with E-state index in [4.69, 9.17) is 10.5 Å². The first-order chi connectivity index (χ1) is 8.30. The van der Waals surface area contributed by atoms with Gasteiger partial charge in [0, 0.05) is 20.6 Å². The molecule has 1 amide bonds. The Morgan fingerprint density at radius 1 is 1.22 bits per heavy atom. The lowest BCUT2D eigenvalue weighted by molar-refractivity contribution is -0.133. The zero-order valence-corrected chi connectivity index (χ0v) is 12.3. The standard InChI is InChI=1S/C14H28N2O2/c1-13(2)6-8-14(11-15,9-7-13)18-10-5-12(17)16(3)4/h5-11,15H2,1-4H3. The molecule has 4 heteroatoms. The Labute approximate surface area is 111 Å². The highest BCUT2D eigenvalue weighted by Crippen LogP contribution is 2.41. The van der Waals surface area contributed by atoms with Gasteiger partial charge in [0.05, 0.1) is 18.6 Å². The second kappa shape index (κ2) is 6.02. The largest absolute Gasteiger partial charge is 0.373 e. The van der Waals surface area contributed by atoms with Gasteiger partial charge in [-0.05, 0) is 31.1 Å². The van der Waals surface area contributed by atoms with Gasteiger partial charge in [0.2, 0.25) is 5.91 Å². The van der Waals surface area contributed by atoms with Crippen LogP contribution in [-0.4, -0.2) is 43.7 Å². The van der Waals surface area contributed by atoms with Crippen LogP contribution in [0.15, 0.2) is 0 Å². The summed E-state index contributed by atoms with van der Waals surface area (Å²) in [4.78, 5) is 13.1. The number of nitrogens with zero attached hydrogens (tertiary/aromatic N) is 1. The van der Waals surface area contributed by atoms with Gasteiger partial charge in [-0.3, -0.25) is 4.79 Å². The van der Waals surface area contributed by atoms with Gasteiger partial charge in [0.25, 0.3) is 0 Å². The Hall–Kier alpha value is -0.610. The lowest BCUT2D eigenvalue weighted by Gasteiger charge is -2.42. The molecule has 18 heavy (non-hydrogen) atoms. The van der Waals surface area contributed by atoms with E-state index in [-0.39, 0.29) is 11.5 Å². The molecule has 1 aliphatic rings. The monoisotopic (exact) mass is 256 g/mol. The van der Waals surface area contributed by atoms with Crippen molar-refractivity contribution in [3.05, 3.63) is 0 Å². The Kier molecular flexibility index (Phi) is 5.17. The van der Waals surface area contributed by atoms with Crippen LogP contribution >= 0.6 is 0 Å². The molecule has 0 heterocycles. The summed E-state index contributed by atoms with van der Waals surface area (Å²) in [5, 5.41) is 0. The first kappa shape index (κ1) is 15.4. The van der Waals surface area contributed by atoms with Gasteiger partial charge in [0.1, 0.15) is 0 Å². The van der Waals surface area contributed by atoms with Crippen molar-refractivity contribution in [2.45, 2.75) is 51.6 Å². The fraction of sp³-hybridized carbons (Fsp3) is 0.929. The van der Waals surface area contributed by atoms with E-state index in [1.165, 1.54) is 0 Å². The predicted octanol–water partition coefficient (Wildman–Crippen LogP) is 1.78. The number of amides is 1. The molecule has 1 rings (SSSR count). The highest BCUT2D eigenvalue weighted by molar-refractivity contribution is 5.75. The molecule has 1 aliphatic carbocycles. The summed E-state index contributed by atoms with van der Waals surface area (Å²) < 4.78 is 5.96. The van der Waals surface area contributed by atoms with Crippen molar-refractivity contribution in [2.75, 3.05) is 27.2 Å². The van der Waals surface area contributed by atoms with E-state index >= 15 is 0 Å². The van der Waals surface area contributed by atoms with Crippen LogP contribution in [0, 0.1) is 5.41 Å². The quantitative estimate of drug-likeness (QED) is 0.815. The van der Waals surface area contributed by atoms with Gasteiger partial charge in [-0.1, -0.05) is 13.8 Å². The topological polar surface area (TPSA) is 55.6 Å². The number of nitrogens with two attached hydrogens (primary N) is 1. The summed E-state index contributed by atoms with van der Waals surface area (Å²) in [6.07, 6.45) is 4.75. The lowest BCUT2D eigenvalue weighted by atomic mass is 9.71. The fourth-order valence-corrected chi connectivity index (χ4v) is 2.37. The number of carbonyl (C=O) groups is 1. The molecule has 0 atom stereocenters. The maximum absolute atomic E-state index is 11.5. The predicted molar refractivity (Wildman–Crippen MR) is 73.3 cm³/mol. The molecule has 0 unspecified atom stereocenters. The number of carbonyl (C=O) groups excluding carboxylic acids is 1. The maximum atomic E-state index is 11.5. The van der Waals surface area contributed by atoms with Crippen LogP contribution in [0.5, 0.6) is 0 Å². The van der Waals surface area contributed by atoms with E-state index in [2.05, 4.69) is 13.8 Å². The van der Waals surface area contributed by atoms with Crippen molar-refractivity contribution in [3.63, 3.8) is 0 Å². The highest BCUT2D eigenvalue weighted by Gasteiger charge is 2.38. The first-order valence-corrected chi connectivity index (χ1v) is 6.84. The fourth-order valence-electron chi connectivity index (χ4n) is 2.37. The van der Waals surface area contributed by atoms with E-state index in [9.17, 15) is 4.79 Å². The van der Waals surface area contributed by atoms with E-state index in [1.54, 1.807) is 19.0 Å². The van der Waals surface area contributed by atoms with Crippen LogP contribution in [0.2, 0.25) is 0 Å². The third kappa shape index (κ3) is 4.25. The molecule has 0 spiro atoms. The second-order valence-corrected chi connectivity index (χ2v) is 6.44. The Morgan fingerprint density at radius 2 is 1.78 bits per heavy atom. The molecule has 0 saturated heterocycles. The molecule has 0 radical (unpaired) electrons. The first-order valence-electron chi connectivity index (χ1n) is 6.84. The number of rotatable bonds is 5. The highest BCUT2D eigenvalue weighted by atomic mass is 16.5. The molecule has 4 nitrogen and oxygen atoms in total. The van der Waals surface area contributed by atoms with Crippen LogP contribution in [0.25, 0.3) is 0 Å². The minimum atomic E-state index is -0.192. The smallest absolute Gasteiger partial charge is 0.224 e. The van der Waals surface area contributed by atoms with E-state index in [0.29, 0.717) is 25.0 Å². The van der Waals surface area contributed by atoms with Crippen LogP contribution in [0.1, 0.15) is 46.0 Å². The van der Waals surface area contributed by atoms with E-state index in [1.807, 2.05) is 0 Å². The van der Waals surface area contributed by atoms with Crippen molar-refractivity contribution >= 4 is 5.91 Å². The van der Waals surface area contributed by atoms with Gasteiger partial charge < -0.3 is 15.4 Å². The molecule has 2 N–H and O–H groups in total. The van der Waals surface area contributed by atoms with Crippen molar-refractivity contribution in [1.29, 1.82) is 0 Å². The molecule has 0 aliphatic heterocycles. The summed E-state index contributed by atoms with van der Waals surface area (Å²) in [6.45, 7) is 5.62. The van der Waals surface area contributed by atoms with Gasteiger partial charge in [-0.2, -0.15) is 0 Å². The third-order valence-corrected chi connectivity index (χ3v) is 4.11. The van der Waals surface area contributed by atoms with Crippen molar-refractivity contribution in [1.82, 2.24) is 4.90 Å². The van der Waals surface area contributed by atoms with Crippen molar-refractivity contribution in [3.8, 4) is 0 Å². The van der Waals surface area contributed by atoms with Crippen LogP contribution < -0.4 is 5.73 Å². The van der Waals surface area contributed by atoms with Gasteiger partial charge in [-0.25, -0.2) is 0 Å². The third-order valence-electron chi connectivity index (χ3n) is 4.11. The van der Waals surface area contributed by atoms with Gasteiger partial charge in [-0.15, -0.1) is 0 Å². The van der Waals surface area contributed by atoms with Gasteiger partial charge in [0.15, 0.2) is 0 Å². The van der Waals surface area contributed by atoms with E-state index in [0.717, 1.165) is 25.7 Å². The summed E-state index contributed by atoms with van der Waals surface area (Å²) in [7, 11) is 3.54. The van der Waals surface area contributed by atoms with Crippen molar-refractivity contribution in [2.24, 2.45) is 11.1 Å². The number of hydrogen-bond acceptors (Lipinski definition) is 3. The SMILES string of the molecule is CN(C)C(=O)CCOC1(CN)CCC(C)(C)CC1. The summed E-state index contributed by atoms with van der Waals surface area (Å²) in [6, 6.07) is 0. The summed E-state index contributed by atoms with van der Waals surface area (Å²) >= 11 is 0. The molecule has 0 aromatic rings. The molecule has 0 aromatic carbocycles. The average molecular weight is 256 g/mol. The Bertz CT molecular complexity index is 278. The number of hydrogen-bond donors (Lipinski definition) is 1. The molecule has 106 valence electrons. The normalized spacial score (nSPS) is 21.6.